The first kappa shape index (κ1) is 11.0. The maximum atomic E-state index is 11.6. The second kappa shape index (κ2) is 3.43. The summed E-state index contributed by atoms with van der Waals surface area (Å²) in [5.41, 5.74) is 2.15. The van der Waals surface area contributed by atoms with Crippen LogP contribution in [0.1, 0.15) is 17.4 Å². The van der Waals surface area contributed by atoms with Crippen molar-refractivity contribution in [2.75, 3.05) is 5.75 Å². The van der Waals surface area contributed by atoms with Gasteiger partial charge in [-0.25, -0.2) is 18.4 Å². The van der Waals surface area contributed by atoms with E-state index in [4.69, 9.17) is 11.6 Å². The van der Waals surface area contributed by atoms with E-state index in [-0.39, 0.29) is 5.75 Å². The maximum absolute atomic E-state index is 11.6. The zero-order chi connectivity index (χ0) is 12.2. The lowest BCUT2D eigenvalue weighted by atomic mass is 10.3. The number of nitrogens with zero attached hydrogens (tertiary/aromatic N) is 3. The second-order valence-electron chi connectivity index (χ2n) is 4.20. The van der Waals surface area contributed by atoms with Crippen LogP contribution in [0.3, 0.4) is 0 Å². The van der Waals surface area contributed by atoms with Gasteiger partial charge in [-0.15, -0.1) is 0 Å². The third-order valence-electron chi connectivity index (χ3n) is 3.06. The van der Waals surface area contributed by atoms with Gasteiger partial charge in [-0.2, -0.15) is 0 Å². The maximum Gasteiger partial charge on any atom is 0.171 e. The fourth-order valence-corrected chi connectivity index (χ4v) is 3.64. The van der Waals surface area contributed by atoms with Gasteiger partial charge in [0.15, 0.2) is 15.5 Å². The SMILES string of the molecule is Cc1cc(Cl)nc2c1ncn2C1CCS1(=O)=O. The molecule has 0 aliphatic carbocycles. The van der Waals surface area contributed by atoms with Crippen molar-refractivity contribution < 1.29 is 8.42 Å². The Morgan fingerprint density at radius 3 is 2.88 bits per heavy atom. The molecule has 1 fully saturated rings. The summed E-state index contributed by atoms with van der Waals surface area (Å²) in [7, 11) is -3.02. The van der Waals surface area contributed by atoms with Crippen molar-refractivity contribution in [3.05, 3.63) is 23.1 Å². The smallest absolute Gasteiger partial charge is 0.171 e. The molecule has 90 valence electrons. The summed E-state index contributed by atoms with van der Waals surface area (Å²) < 4.78 is 24.8. The number of aromatic nitrogens is 3. The van der Waals surface area contributed by atoms with E-state index in [9.17, 15) is 8.42 Å². The highest BCUT2D eigenvalue weighted by molar-refractivity contribution is 7.92. The predicted molar refractivity (Wildman–Crippen MR) is 64.7 cm³/mol. The highest BCUT2D eigenvalue weighted by Crippen LogP contribution is 2.34. The van der Waals surface area contributed by atoms with Crippen LogP contribution in [-0.4, -0.2) is 28.7 Å². The van der Waals surface area contributed by atoms with Gasteiger partial charge in [0.05, 0.1) is 12.1 Å². The number of aryl methyl sites for hydroxylation is 1. The van der Waals surface area contributed by atoms with E-state index in [0.717, 1.165) is 5.56 Å². The standard InChI is InChI=1S/C10H10ClN3O2S/c1-6-4-7(11)13-10-9(6)12-5-14(10)8-2-3-17(8,15)16/h4-5,8H,2-3H2,1H3. The second-order valence-corrected chi connectivity index (χ2v) is 6.86. The number of fused-ring (bicyclic) bond motifs is 1. The first-order valence-electron chi connectivity index (χ1n) is 5.20. The van der Waals surface area contributed by atoms with E-state index in [1.807, 2.05) is 6.92 Å². The van der Waals surface area contributed by atoms with Gasteiger partial charge < -0.3 is 0 Å². The lowest BCUT2D eigenvalue weighted by Gasteiger charge is -2.27. The topological polar surface area (TPSA) is 64.8 Å². The van der Waals surface area contributed by atoms with Gasteiger partial charge in [0, 0.05) is 0 Å². The minimum Gasteiger partial charge on any atom is -0.297 e. The largest absolute Gasteiger partial charge is 0.297 e. The molecule has 0 spiro atoms. The van der Waals surface area contributed by atoms with E-state index >= 15 is 0 Å². The van der Waals surface area contributed by atoms with Crippen LogP contribution in [0.5, 0.6) is 0 Å². The predicted octanol–water partition coefficient (Wildman–Crippen LogP) is 1.71. The molecule has 3 rings (SSSR count). The molecule has 5 nitrogen and oxygen atoms in total. The molecule has 0 aromatic carbocycles. The number of hydrogen-bond acceptors (Lipinski definition) is 4. The first-order valence-corrected chi connectivity index (χ1v) is 7.29. The van der Waals surface area contributed by atoms with Crippen molar-refractivity contribution in [3.8, 4) is 0 Å². The zero-order valence-electron chi connectivity index (χ0n) is 9.09. The number of hydrogen-bond donors (Lipinski definition) is 0. The summed E-state index contributed by atoms with van der Waals surface area (Å²) in [6, 6.07) is 1.72. The van der Waals surface area contributed by atoms with Crippen molar-refractivity contribution in [1.29, 1.82) is 0 Å². The van der Waals surface area contributed by atoms with E-state index in [0.29, 0.717) is 22.7 Å². The Bertz CT molecular complexity index is 708. The normalized spacial score (nSPS) is 22.6. The highest BCUT2D eigenvalue weighted by atomic mass is 35.5. The molecule has 7 heteroatoms. The molecule has 1 aliphatic heterocycles. The van der Waals surface area contributed by atoms with Crippen LogP contribution >= 0.6 is 11.6 Å². The average Bonchev–Trinajstić information content (AvgIpc) is 2.61. The molecule has 3 heterocycles. The molecular formula is C10H10ClN3O2S. The van der Waals surface area contributed by atoms with Gasteiger partial charge in [0.1, 0.15) is 16.0 Å². The molecule has 0 radical (unpaired) electrons. The van der Waals surface area contributed by atoms with Crippen molar-refractivity contribution in [1.82, 2.24) is 14.5 Å². The van der Waals surface area contributed by atoms with Crippen LogP contribution in [0.4, 0.5) is 0 Å². The van der Waals surface area contributed by atoms with Crippen LogP contribution in [0.15, 0.2) is 12.4 Å². The molecule has 1 atom stereocenters. The van der Waals surface area contributed by atoms with Gasteiger partial charge >= 0.3 is 0 Å². The molecule has 2 aromatic rings. The van der Waals surface area contributed by atoms with Crippen molar-refractivity contribution in [2.24, 2.45) is 0 Å². The molecule has 1 unspecified atom stereocenters. The van der Waals surface area contributed by atoms with Crippen LogP contribution < -0.4 is 0 Å². The molecule has 0 amide bonds. The molecule has 17 heavy (non-hydrogen) atoms. The Balaban J connectivity index is 2.25. The van der Waals surface area contributed by atoms with Crippen molar-refractivity contribution in [3.63, 3.8) is 0 Å². The van der Waals surface area contributed by atoms with Gasteiger partial charge in [-0.3, -0.25) is 4.57 Å². The minimum absolute atomic E-state index is 0.233. The molecule has 2 aromatic heterocycles. The Morgan fingerprint density at radius 2 is 2.29 bits per heavy atom. The fraction of sp³-hybridized carbons (Fsp3) is 0.400. The Hall–Kier alpha value is -1.14. The summed E-state index contributed by atoms with van der Waals surface area (Å²) in [6.45, 7) is 1.88. The van der Waals surface area contributed by atoms with Crippen LogP contribution in [0.2, 0.25) is 5.15 Å². The zero-order valence-corrected chi connectivity index (χ0v) is 10.7. The fourth-order valence-electron chi connectivity index (χ4n) is 2.06. The van der Waals surface area contributed by atoms with Crippen molar-refractivity contribution in [2.45, 2.75) is 18.7 Å². The van der Waals surface area contributed by atoms with Crippen LogP contribution in [-0.2, 0) is 9.84 Å². The summed E-state index contributed by atoms with van der Waals surface area (Å²) in [4.78, 5) is 8.37. The Labute approximate surface area is 103 Å². The Morgan fingerprint density at radius 1 is 1.53 bits per heavy atom. The molecule has 0 bridgehead atoms. The molecule has 0 saturated carbocycles. The molecule has 0 N–H and O–H groups in total. The third kappa shape index (κ3) is 1.55. The monoisotopic (exact) mass is 271 g/mol. The van der Waals surface area contributed by atoms with Gasteiger partial charge in [0.2, 0.25) is 0 Å². The van der Waals surface area contributed by atoms with E-state index < -0.39 is 15.2 Å². The van der Waals surface area contributed by atoms with Crippen LogP contribution in [0.25, 0.3) is 11.2 Å². The lowest BCUT2D eigenvalue weighted by Crippen LogP contribution is -2.33. The summed E-state index contributed by atoms with van der Waals surface area (Å²) in [5, 5.41) is -0.175. The lowest BCUT2D eigenvalue weighted by molar-refractivity contribution is 0.504. The average molecular weight is 272 g/mol. The van der Waals surface area contributed by atoms with Gasteiger partial charge in [-0.05, 0) is 25.0 Å². The van der Waals surface area contributed by atoms with Crippen LogP contribution in [0, 0.1) is 6.92 Å². The quantitative estimate of drug-likeness (QED) is 0.741. The molecular weight excluding hydrogens is 262 g/mol. The number of imidazole rings is 1. The number of sulfone groups is 1. The molecule has 1 saturated heterocycles. The third-order valence-corrected chi connectivity index (χ3v) is 5.35. The van der Waals surface area contributed by atoms with E-state index in [1.165, 1.54) is 6.33 Å². The first-order chi connectivity index (χ1) is 7.99. The minimum atomic E-state index is -3.02. The highest BCUT2D eigenvalue weighted by Gasteiger charge is 2.38. The Kier molecular flexibility index (Phi) is 2.21. The summed E-state index contributed by atoms with van der Waals surface area (Å²) >= 11 is 5.89. The number of rotatable bonds is 1. The van der Waals surface area contributed by atoms with Crippen molar-refractivity contribution >= 4 is 32.6 Å². The number of pyridine rings is 1. The van der Waals surface area contributed by atoms with Gasteiger partial charge in [0.25, 0.3) is 0 Å². The van der Waals surface area contributed by atoms with E-state index in [1.54, 1.807) is 10.6 Å². The number of halogens is 1. The van der Waals surface area contributed by atoms with Gasteiger partial charge in [-0.1, -0.05) is 11.6 Å². The molecule has 1 aliphatic rings. The summed E-state index contributed by atoms with van der Waals surface area (Å²) in [6.07, 6.45) is 2.14. The van der Waals surface area contributed by atoms with E-state index in [2.05, 4.69) is 9.97 Å². The summed E-state index contributed by atoms with van der Waals surface area (Å²) in [5.74, 6) is 0.233.